The summed E-state index contributed by atoms with van der Waals surface area (Å²) in [6.07, 6.45) is 0.0894. The first-order valence-corrected chi connectivity index (χ1v) is 6.28. The Kier molecular flexibility index (Phi) is 3.57. The number of ether oxygens (including phenoxy) is 1. The first kappa shape index (κ1) is 12.9. The van der Waals surface area contributed by atoms with E-state index in [4.69, 9.17) is 10.5 Å². The summed E-state index contributed by atoms with van der Waals surface area (Å²) in [6, 6.07) is 5.58. The maximum absolute atomic E-state index is 12.5. The maximum atomic E-state index is 12.5. The molecule has 1 saturated heterocycles. The molecule has 0 saturated carbocycles. The number of carbonyl (C=O) groups excluding carboxylic acids is 1. The molecule has 2 unspecified atom stereocenters. The first-order chi connectivity index (χ1) is 8.50. The number of rotatable bonds is 1. The van der Waals surface area contributed by atoms with Gasteiger partial charge in [-0.1, -0.05) is 6.07 Å². The third-order valence-electron chi connectivity index (χ3n) is 3.47. The molecule has 1 fully saturated rings. The summed E-state index contributed by atoms with van der Waals surface area (Å²) in [5.41, 5.74) is 8.06. The first-order valence-electron chi connectivity index (χ1n) is 6.28. The molecule has 2 atom stereocenters. The molecule has 2 rings (SSSR count). The number of benzene rings is 1. The second-order valence-electron chi connectivity index (χ2n) is 4.97. The molecular weight excluding hydrogens is 228 g/mol. The molecule has 2 N–H and O–H groups in total. The van der Waals surface area contributed by atoms with Gasteiger partial charge in [0.05, 0.1) is 18.8 Å². The predicted octanol–water partition coefficient (Wildman–Crippen LogP) is 1.83. The fourth-order valence-electron chi connectivity index (χ4n) is 2.23. The number of nitrogen functional groups attached to an aromatic ring is 1. The van der Waals surface area contributed by atoms with Gasteiger partial charge in [-0.25, -0.2) is 0 Å². The van der Waals surface area contributed by atoms with Crippen LogP contribution in [0.4, 0.5) is 5.69 Å². The predicted molar refractivity (Wildman–Crippen MR) is 71.5 cm³/mol. The van der Waals surface area contributed by atoms with E-state index in [1.54, 1.807) is 0 Å². The van der Waals surface area contributed by atoms with Crippen molar-refractivity contribution in [3.63, 3.8) is 0 Å². The van der Waals surface area contributed by atoms with Gasteiger partial charge in [0.25, 0.3) is 5.91 Å². The zero-order valence-corrected chi connectivity index (χ0v) is 11.1. The summed E-state index contributed by atoms with van der Waals surface area (Å²) >= 11 is 0. The number of morpholine rings is 1. The van der Waals surface area contributed by atoms with Crippen molar-refractivity contribution < 1.29 is 9.53 Å². The molecule has 98 valence electrons. The Morgan fingerprint density at radius 1 is 1.44 bits per heavy atom. The van der Waals surface area contributed by atoms with Gasteiger partial charge in [-0.3, -0.25) is 4.79 Å². The Bertz CT molecular complexity index is 459. The normalized spacial score (nSPS) is 24.1. The van der Waals surface area contributed by atoms with Gasteiger partial charge in [0.1, 0.15) is 0 Å². The van der Waals surface area contributed by atoms with Crippen LogP contribution in [0.25, 0.3) is 0 Å². The smallest absolute Gasteiger partial charge is 0.254 e. The van der Waals surface area contributed by atoms with Crippen molar-refractivity contribution in [1.29, 1.82) is 0 Å². The zero-order chi connectivity index (χ0) is 13.3. The lowest BCUT2D eigenvalue weighted by atomic mass is 10.0. The van der Waals surface area contributed by atoms with E-state index < -0.39 is 0 Å². The van der Waals surface area contributed by atoms with Gasteiger partial charge >= 0.3 is 0 Å². The highest BCUT2D eigenvalue weighted by Gasteiger charge is 2.29. The van der Waals surface area contributed by atoms with Crippen molar-refractivity contribution >= 4 is 11.6 Å². The molecule has 1 aliphatic heterocycles. The molecule has 4 heteroatoms. The third-order valence-corrected chi connectivity index (χ3v) is 3.47. The van der Waals surface area contributed by atoms with Gasteiger partial charge in [0, 0.05) is 17.8 Å². The Morgan fingerprint density at radius 2 is 2.17 bits per heavy atom. The van der Waals surface area contributed by atoms with E-state index in [-0.39, 0.29) is 18.1 Å². The summed E-state index contributed by atoms with van der Waals surface area (Å²) in [4.78, 5) is 14.4. The maximum Gasteiger partial charge on any atom is 0.254 e. The quantitative estimate of drug-likeness (QED) is 0.771. The number of hydrogen-bond acceptors (Lipinski definition) is 3. The minimum atomic E-state index is 0.0439. The van der Waals surface area contributed by atoms with Gasteiger partial charge in [-0.2, -0.15) is 0 Å². The molecule has 1 amide bonds. The Morgan fingerprint density at radius 3 is 2.89 bits per heavy atom. The van der Waals surface area contributed by atoms with Crippen LogP contribution in [0.15, 0.2) is 18.2 Å². The van der Waals surface area contributed by atoms with Crippen LogP contribution in [0.3, 0.4) is 0 Å². The monoisotopic (exact) mass is 248 g/mol. The van der Waals surface area contributed by atoms with Gasteiger partial charge in [0.15, 0.2) is 0 Å². The molecule has 0 radical (unpaired) electrons. The van der Waals surface area contributed by atoms with Gasteiger partial charge < -0.3 is 15.4 Å². The van der Waals surface area contributed by atoms with E-state index >= 15 is 0 Å². The number of amides is 1. The van der Waals surface area contributed by atoms with Crippen LogP contribution in [0.1, 0.15) is 29.8 Å². The van der Waals surface area contributed by atoms with Crippen LogP contribution in [0.5, 0.6) is 0 Å². The van der Waals surface area contributed by atoms with E-state index in [2.05, 4.69) is 0 Å². The zero-order valence-electron chi connectivity index (χ0n) is 11.1. The third kappa shape index (κ3) is 2.34. The molecule has 1 aliphatic rings. The number of hydrogen-bond donors (Lipinski definition) is 1. The Balaban J connectivity index is 2.27. The van der Waals surface area contributed by atoms with Crippen molar-refractivity contribution in [2.45, 2.75) is 32.9 Å². The van der Waals surface area contributed by atoms with E-state index in [0.717, 1.165) is 5.56 Å². The number of anilines is 1. The van der Waals surface area contributed by atoms with E-state index in [0.29, 0.717) is 24.4 Å². The fourth-order valence-corrected chi connectivity index (χ4v) is 2.23. The molecular formula is C14H20N2O2. The lowest BCUT2D eigenvalue weighted by Crippen LogP contribution is -2.50. The topological polar surface area (TPSA) is 55.6 Å². The lowest BCUT2D eigenvalue weighted by Gasteiger charge is -2.37. The van der Waals surface area contributed by atoms with Crippen molar-refractivity contribution in [3.8, 4) is 0 Å². The summed E-state index contributed by atoms with van der Waals surface area (Å²) in [5.74, 6) is 0.0439. The van der Waals surface area contributed by atoms with Crippen LogP contribution < -0.4 is 5.73 Å². The fraction of sp³-hybridized carbons (Fsp3) is 0.500. The number of nitrogens with two attached hydrogens (primary N) is 1. The molecule has 1 aromatic carbocycles. The summed E-state index contributed by atoms with van der Waals surface area (Å²) in [6.45, 7) is 7.10. The van der Waals surface area contributed by atoms with Crippen molar-refractivity contribution in [2.75, 3.05) is 18.9 Å². The minimum absolute atomic E-state index is 0.0439. The Labute approximate surface area is 108 Å². The number of carbonyl (C=O) groups is 1. The second kappa shape index (κ2) is 4.98. The van der Waals surface area contributed by atoms with Crippen molar-refractivity contribution in [3.05, 3.63) is 29.3 Å². The lowest BCUT2D eigenvalue weighted by molar-refractivity contribution is -0.0387. The highest BCUT2D eigenvalue weighted by Crippen LogP contribution is 2.20. The van der Waals surface area contributed by atoms with Crippen LogP contribution in [-0.2, 0) is 4.74 Å². The van der Waals surface area contributed by atoms with Gasteiger partial charge in [-0.05, 0) is 38.5 Å². The Hall–Kier alpha value is -1.55. The van der Waals surface area contributed by atoms with Gasteiger partial charge in [-0.15, -0.1) is 0 Å². The second-order valence-corrected chi connectivity index (χ2v) is 4.97. The highest BCUT2D eigenvalue weighted by atomic mass is 16.5. The molecule has 1 heterocycles. The van der Waals surface area contributed by atoms with Crippen LogP contribution in [-0.4, -0.2) is 36.1 Å². The van der Waals surface area contributed by atoms with Crippen LogP contribution >= 0.6 is 0 Å². The summed E-state index contributed by atoms with van der Waals surface area (Å²) < 4.78 is 5.54. The molecule has 4 nitrogen and oxygen atoms in total. The molecule has 1 aromatic rings. The molecule has 18 heavy (non-hydrogen) atoms. The minimum Gasteiger partial charge on any atom is -0.398 e. The van der Waals surface area contributed by atoms with E-state index in [1.807, 2.05) is 43.9 Å². The molecule has 0 bridgehead atoms. The highest BCUT2D eigenvalue weighted by molar-refractivity contribution is 5.97. The van der Waals surface area contributed by atoms with Crippen LogP contribution in [0, 0.1) is 6.92 Å². The average Bonchev–Trinajstić information content (AvgIpc) is 2.35. The summed E-state index contributed by atoms with van der Waals surface area (Å²) in [5, 5.41) is 0. The van der Waals surface area contributed by atoms with Crippen molar-refractivity contribution in [1.82, 2.24) is 4.90 Å². The summed E-state index contributed by atoms with van der Waals surface area (Å²) in [7, 11) is 0. The standard InChI is InChI=1S/C14H20N2O2/c1-9-8-18-10(2)7-16(9)14(17)12-5-4-6-13(15)11(12)3/h4-6,9-10H,7-8,15H2,1-3H3. The molecule has 0 aliphatic carbocycles. The molecule has 0 aromatic heterocycles. The van der Waals surface area contributed by atoms with E-state index in [9.17, 15) is 4.79 Å². The number of nitrogens with zero attached hydrogens (tertiary/aromatic N) is 1. The molecule has 0 spiro atoms. The van der Waals surface area contributed by atoms with E-state index in [1.165, 1.54) is 0 Å². The SMILES string of the molecule is Cc1c(N)cccc1C(=O)N1CC(C)OCC1C. The van der Waals surface area contributed by atoms with Crippen LogP contribution in [0.2, 0.25) is 0 Å². The van der Waals surface area contributed by atoms with Crippen molar-refractivity contribution in [2.24, 2.45) is 0 Å². The largest absolute Gasteiger partial charge is 0.398 e. The average molecular weight is 248 g/mol. The van der Waals surface area contributed by atoms with Gasteiger partial charge in [0.2, 0.25) is 0 Å².